The van der Waals surface area contributed by atoms with Crippen LogP contribution in [0.2, 0.25) is 0 Å². The van der Waals surface area contributed by atoms with Crippen molar-refractivity contribution >= 4 is 11.9 Å². The first-order valence-electron chi connectivity index (χ1n) is 12.5. The zero-order chi connectivity index (χ0) is 28.8. The third-order valence-electron chi connectivity index (χ3n) is 7.78. The summed E-state index contributed by atoms with van der Waals surface area (Å²) in [6.07, 6.45) is -1.49. The molecule has 5 unspecified atom stereocenters. The van der Waals surface area contributed by atoms with Crippen LogP contribution in [0.25, 0.3) is 0 Å². The van der Waals surface area contributed by atoms with Gasteiger partial charge in [0, 0.05) is 30.5 Å². The second-order valence-electron chi connectivity index (χ2n) is 9.66. The van der Waals surface area contributed by atoms with Gasteiger partial charge in [-0.05, 0) is 17.7 Å². The second kappa shape index (κ2) is 9.95. The van der Waals surface area contributed by atoms with Crippen LogP contribution < -0.4 is 18.9 Å². The van der Waals surface area contributed by atoms with Crippen molar-refractivity contribution < 1.29 is 48.2 Å². The van der Waals surface area contributed by atoms with Crippen LogP contribution in [0.3, 0.4) is 0 Å². The molecule has 0 aromatic heterocycles. The second-order valence-corrected chi connectivity index (χ2v) is 9.66. The zero-order valence-corrected chi connectivity index (χ0v) is 22.7. The van der Waals surface area contributed by atoms with Gasteiger partial charge in [-0.3, -0.25) is 9.59 Å². The Morgan fingerprint density at radius 1 is 0.900 bits per heavy atom. The molecule has 1 aliphatic heterocycles. The van der Waals surface area contributed by atoms with E-state index in [1.807, 2.05) is 6.07 Å². The maximum Gasteiger partial charge on any atom is 0.313 e. The molecule has 3 aromatic carbocycles. The molecule has 1 heterocycles. The first-order valence-corrected chi connectivity index (χ1v) is 12.5. The molecule has 10 heteroatoms. The lowest BCUT2D eigenvalue weighted by atomic mass is 9.70. The molecule has 1 fully saturated rings. The Balaban J connectivity index is 1.95. The number of carbonyl (C=O) groups excluding carboxylic acids is 2. The van der Waals surface area contributed by atoms with Crippen molar-refractivity contribution in [1.82, 2.24) is 0 Å². The predicted octanol–water partition coefficient (Wildman–Crippen LogP) is 3.41. The molecule has 5 atom stereocenters. The number of phenols is 1. The van der Waals surface area contributed by atoms with Crippen LogP contribution in [0.1, 0.15) is 29.5 Å². The minimum Gasteiger partial charge on any atom is -0.504 e. The zero-order valence-electron chi connectivity index (χ0n) is 22.7. The number of carbonyl (C=O) groups is 2. The van der Waals surface area contributed by atoms with Crippen molar-refractivity contribution in [3.8, 4) is 28.7 Å². The van der Waals surface area contributed by atoms with Crippen molar-refractivity contribution in [2.24, 2.45) is 5.92 Å². The summed E-state index contributed by atoms with van der Waals surface area (Å²) >= 11 is 0. The SMILES string of the molecule is COC(=O)C1C(OC(C)=O)C2(O)c3c(OC)cc(OC)cc3OC2(c2ccc(OC)c(O)c2)C1c1ccccc1. The van der Waals surface area contributed by atoms with E-state index in [-0.39, 0.29) is 28.6 Å². The third kappa shape index (κ3) is 3.66. The third-order valence-corrected chi connectivity index (χ3v) is 7.78. The number of fused-ring (bicyclic) bond motifs is 3. The first kappa shape index (κ1) is 27.1. The predicted molar refractivity (Wildman–Crippen MR) is 141 cm³/mol. The van der Waals surface area contributed by atoms with Gasteiger partial charge in [-0.25, -0.2) is 0 Å². The van der Waals surface area contributed by atoms with E-state index >= 15 is 0 Å². The number of rotatable bonds is 7. The number of ether oxygens (including phenoxy) is 6. The highest BCUT2D eigenvalue weighted by Crippen LogP contribution is 2.71. The number of aromatic hydroxyl groups is 1. The molecule has 0 radical (unpaired) electrons. The highest BCUT2D eigenvalue weighted by Gasteiger charge is 2.80. The molecule has 10 nitrogen and oxygen atoms in total. The van der Waals surface area contributed by atoms with E-state index in [1.165, 1.54) is 47.5 Å². The van der Waals surface area contributed by atoms with E-state index < -0.39 is 41.1 Å². The molecule has 40 heavy (non-hydrogen) atoms. The van der Waals surface area contributed by atoms with Gasteiger partial charge >= 0.3 is 11.9 Å². The molecule has 5 rings (SSSR count). The Bertz CT molecular complexity index is 1450. The maximum atomic E-state index is 13.6. The average molecular weight is 551 g/mol. The Morgan fingerprint density at radius 3 is 2.17 bits per heavy atom. The van der Waals surface area contributed by atoms with E-state index in [0.717, 1.165) is 0 Å². The van der Waals surface area contributed by atoms with Crippen molar-refractivity contribution in [3.63, 3.8) is 0 Å². The molecule has 0 amide bonds. The monoisotopic (exact) mass is 550 g/mol. The minimum absolute atomic E-state index is 0.157. The van der Waals surface area contributed by atoms with Gasteiger partial charge in [0.25, 0.3) is 0 Å². The van der Waals surface area contributed by atoms with Crippen molar-refractivity contribution in [2.45, 2.75) is 30.1 Å². The van der Waals surface area contributed by atoms with Gasteiger partial charge in [-0.15, -0.1) is 0 Å². The molecule has 2 aliphatic rings. The lowest BCUT2D eigenvalue weighted by molar-refractivity contribution is -0.185. The van der Waals surface area contributed by atoms with Crippen LogP contribution in [0.15, 0.2) is 60.7 Å². The van der Waals surface area contributed by atoms with Crippen LogP contribution >= 0.6 is 0 Å². The number of methoxy groups -OCH3 is 4. The number of benzene rings is 3. The van der Waals surface area contributed by atoms with E-state index in [9.17, 15) is 19.8 Å². The average Bonchev–Trinajstić information content (AvgIpc) is 3.34. The summed E-state index contributed by atoms with van der Waals surface area (Å²) in [5.74, 6) is -2.94. The maximum absolute atomic E-state index is 13.6. The van der Waals surface area contributed by atoms with Crippen molar-refractivity contribution in [1.29, 1.82) is 0 Å². The molecule has 2 N–H and O–H groups in total. The molecule has 0 spiro atoms. The number of esters is 2. The van der Waals surface area contributed by atoms with Crippen LogP contribution in [-0.2, 0) is 30.3 Å². The summed E-state index contributed by atoms with van der Waals surface area (Å²) < 4.78 is 34.2. The summed E-state index contributed by atoms with van der Waals surface area (Å²) in [6, 6.07) is 16.6. The van der Waals surface area contributed by atoms with E-state index in [0.29, 0.717) is 16.9 Å². The Kier molecular flexibility index (Phi) is 6.75. The van der Waals surface area contributed by atoms with Gasteiger partial charge in [0.2, 0.25) is 0 Å². The van der Waals surface area contributed by atoms with E-state index in [1.54, 1.807) is 42.5 Å². The molecule has 3 aromatic rings. The number of phenolic OH excluding ortho intramolecular Hbond substituents is 1. The van der Waals surface area contributed by atoms with Crippen molar-refractivity contribution in [2.75, 3.05) is 28.4 Å². The van der Waals surface area contributed by atoms with E-state index in [4.69, 9.17) is 28.4 Å². The molecule has 1 aliphatic carbocycles. The largest absolute Gasteiger partial charge is 0.504 e. The number of aliphatic hydroxyl groups is 1. The summed E-state index contributed by atoms with van der Waals surface area (Å²) in [7, 11) is 5.53. The van der Waals surface area contributed by atoms with E-state index in [2.05, 4.69) is 0 Å². The Morgan fingerprint density at radius 2 is 1.60 bits per heavy atom. The van der Waals surface area contributed by atoms with Crippen LogP contribution in [0, 0.1) is 5.92 Å². The van der Waals surface area contributed by atoms with Gasteiger partial charge in [-0.1, -0.05) is 36.4 Å². The smallest absolute Gasteiger partial charge is 0.313 e. The lowest BCUT2D eigenvalue weighted by Crippen LogP contribution is -2.53. The standard InChI is InChI=1S/C30H30O10/c1-16(31)39-27-24(28(33)38-5)25(17-9-7-6-8-10-17)30(18-11-12-21(36-3)20(32)13-18)29(27,34)26-22(37-4)14-19(35-2)15-23(26)40-30/h6-15,24-25,27,32,34H,1-5H3. The summed E-state index contributed by atoms with van der Waals surface area (Å²) in [6.45, 7) is 1.19. The van der Waals surface area contributed by atoms with Gasteiger partial charge < -0.3 is 38.6 Å². The number of hydrogen-bond donors (Lipinski definition) is 2. The summed E-state index contributed by atoms with van der Waals surface area (Å²) in [5.41, 5.74) is -3.00. The van der Waals surface area contributed by atoms with Gasteiger partial charge in [0.1, 0.15) is 23.2 Å². The fourth-order valence-corrected chi connectivity index (χ4v) is 6.29. The highest BCUT2D eigenvalue weighted by molar-refractivity contribution is 5.79. The normalized spacial score (nSPS) is 26.2. The fraction of sp³-hybridized carbons (Fsp3) is 0.333. The molecule has 0 bridgehead atoms. The quantitative estimate of drug-likeness (QED) is 0.422. The van der Waals surface area contributed by atoms with Crippen LogP contribution in [0.4, 0.5) is 0 Å². The van der Waals surface area contributed by atoms with Crippen LogP contribution in [0.5, 0.6) is 28.7 Å². The fourth-order valence-electron chi connectivity index (χ4n) is 6.29. The topological polar surface area (TPSA) is 130 Å². The Hall–Kier alpha value is -4.44. The summed E-state index contributed by atoms with van der Waals surface area (Å²) in [5, 5.41) is 23.9. The molecular weight excluding hydrogens is 520 g/mol. The lowest BCUT2D eigenvalue weighted by Gasteiger charge is -2.41. The minimum atomic E-state index is -2.22. The summed E-state index contributed by atoms with van der Waals surface area (Å²) in [4.78, 5) is 26.1. The first-order chi connectivity index (χ1) is 19.2. The molecule has 1 saturated carbocycles. The van der Waals surface area contributed by atoms with Gasteiger partial charge in [0.15, 0.2) is 28.8 Å². The molecular formula is C30H30O10. The van der Waals surface area contributed by atoms with Crippen molar-refractivity contribution in [3.05, 3.63) is 77.4 Å². The molecule has 0 saturated heterocycles. The number of hydrogen-bond acceptors (Lipinski definition) is 10. The Labute approximate surface area is 231 Å². The van der Waals surface area contributed by atoms with Crippen LogP contribution in [-0.4, -0.2) is 56.7 Å². The van der Waals surface area contributed by atoms with Gasteiger partial charge in [0.05, 0.1) is 34.0 Å². The molecule has 210 valence electrons. The highest BCUT2D eigenvalue weighted by atomic mass is 16.6. The van der Waals surface area contributed by atoms with Gasteiger partial charge in [-0.2, -0.15) is 0 Å².